The SMILES string of the molecule is OC(C1CCCNC1)C1CCOC2(CCSCC2)C1. The van der Waals surface area contributed by atoms with E-state index in [2.05, 4.69) is 5.32 Å². The minimum Gasteiger partial charge on any atom is -0.392 e. The van der Waals surface area contributed by atoms with Gasteiger partial charge in [0.15, 0.2) is 0 Å². The molecule has 4 heteroatoms. The van der Waals surface area contributed by atoms with Crippen molar-refractivity contribution in [3.63, 3.8) is 0 Å². The van der Waals surface area contributed by atoms with Crippen molar-refractivity contribution < 1.29 is 9.84 Å². The fraction of sp³-hybridized carbons (Fsp3) is 1.00. The molecule has 0 aromatic rings. The molecule has 3 heterocycles. The van der Waals surface area contributed by atoms with Gasteiger partial charge in [-0.25, -0.2) is 0 Å². The summed E-state index contributed by atoms with van der Waals surface area (Å²) in [6, 6.07) is 0. The Morgan fingerprint density at radius 3 is 2.79 bits per heavy atom. The van der Waals surface area contributed by atoms with Gasteiger partial charge in [-0.2, -0.15) is 11.8 Å². The first kappa shape index (κ1) is 14.2. The average molecular weight is 285 g/mol. The van der Waals surface area contributed by atoms with Gasteiger partial charge in [0.2, 0.25) is 0 Å². The zero-order chi connectivity index (χ0) is 13.1. The molecule has 3 atom stereocenters. The number of rotatable bonds is 2. The Hall–Kier alpha value is 0.230. The minimum atomic E-state index is -0.122. The molecule has 0 aromatic heterocycles. The summed E-state index contributed by atoms with van der Waals surface area (Å²) < 4.78 is 6.13. The van der Waals surface area contributed by atoms with E-state index in [1.165, 1.54) is 37.2 Å². The van der Waals surface area contributed by atoms with E-state index < -0.39 is 0 Å². The normalized spacial score (nSPS) is 37.1. The standard InChI is InChI=1S/C15H27NO2S/c17-14(13-2-1-6-16-11-13)12-3-7-18-15(10-12)4-8-19-9-5-15/h12-14,16-17H,1-11H2. The fourth-order valence-corrected chi connectivity index (χ4v) is 5.24. The van der Waals surface area contributed by atoms with Gasteiger partial charge in [0, 0.05) is 13.2 Å². The van der Waals surface area contributed by atoms with Gasteiger partial charge in [-0.3, -0.25) is 0 Å². The Morgan fingerprint density at radius 2 is 2.05 bits per heavy atom. The molecule has 3 aliphatic heterocycles. The molecule has 0 saturated carbocycles. The number of thioether (sulfide) groups is 1. The first-order chi connectivity index (χ1) is 9.29. The fourth-order valence-electron chi connectivity index (χ4n) is 4.00. The largest absolute Gasteiger partial charge is 0.392 e. The van der Waals surface area contributed by atoms with Crippen molar-refractivity contribution in [3.05, 3.63) is 0 Å². The monoisotopic (exact) mass is 285 g/mol. The molecule has 2 N–H and O–H groups in total. The third kappa shape index (κ3) is 3.29. The van der Waals surface area contributed by atoms with Crippen LogP contribution in [0.25, 0.3) is 0 Å². The minimum absolute atomic E-state index is 0.108. The predicted molar refractivity (Wildman–Crippen MR) is 79.6 cm³/mol. The Balaban J connectivity index is 1.60. The average Bonchev–Trinajstić information content (AvgIpc) is 2.48. The van der Waals surface area contributed by atoms with E-state index in [4.69, 9.17) is 4.74 Å². The van der Waals surface area contributed by atoms with Crippen molar-refractivity contribution in [1.82, 2.24) is 5.32 Å². The number of piperidine rings is 1. The Morgan fingerprint density at radius 1 is 1.21 bits per heavy atom. The molecular formula is C15H27NO2S. The van der Waals surface area contributed by atoms with Crippen molar-refractivity contribution in [2.45, 2.75) is 50.2 Å². The number of nitrogens with one attached hydrogen (secondary N) is 1. The van der Waals surface area contributed by atoms with Crippen LogP contribution in [0.2, 0.25) is 0 Å². The molecule has 3 unspecified atom stereocenters. The van der Waals surface area contributed by atoms with E-state index in [0.29, 0.717) is 11.8 Å². The van der Waals surface area contributed by atoms with Crippen LogP contribution in [0.1, 0.15) is 38.5 Å². The van der Waals surface area contributed by atoms with Gasteiger partial charge < -0.3 is 15.2 Å². The van der Waals surface area contributed by atoms with Crippen LogP contribution in [-0.4, -0.2) is 48.0 Å². The maximum absolute atomic E-state index is 10.7. The summed E-state index contributed by atoms with van der Waals surface area (Å²) in [6.45, 7) is 2.98. The van der Waals surface area contributed by atoms with Gasteiger partial charge in [-0.15, -0.1) is 0 Å². The summed E-state index contributed by atoms with van der Waals surface area (Å²) >= 11 is 2.05. The lowest BCUT2D eigenvalue weighted by molar-refractivity contribution is -0.128. The number of hydrogen-bond donors (Lipinski definition) is 2. The van der Waals surface area contributed by atoms with E-state index >= 15 is 0 Å². The maximum atomic E-state index is 10.7. The summed E-state index contributed by atoms with van der Waals surface area (Å²) in [5, 5.41) is 14.1. The van der Waals surface area contributed by atoms with E-state index in [1.54, 1.807) is 0 Å². The first-order valence-corrected chi connectivity index (χ1v) is 9.05. The summed E-state index contributed by atoms with van der Waals surface area (Å²) in [6.07, 6.45) is 6.79. The van der Waals surface area contributed by atoms with Gasteiger partial charge in [-0.1, -0.05) is 0 Å². The third-order valence-corrected chi connectivity index (χ3v) is 6.22. The van der Waals surface area contributed by atoms with Crippen molar-refractivity contribution >= 4 is 11.8 Å². The molecule has 3 saturated heterocycles. The van der Waals surface area contributed by atoms with Gasteiger partial charge in [-0.05, 0) is 68.4 Å². The smallest absolute Gasteiger partial charge is 0.0701 e. The molecule has 0 radical (unpaired) electrons. The van der Waals surface area contributed by atoms with Crippen LogP contribution in [0, 0.1) is 11.8 Å². The lowest BCUT2D eigenvalue weighted by Crippen LogP contribution is -2.48. The third-order valence-electron chi connectivity index (χ3n) is 5.24. The lowest BCUT2D eigenvalue weighted by Gasteiger charge is -2.45. The van der Waals surface area contributed by atoms with Crippen molar-refractivity contribution in [2.75, 3.05) is 31.2 Å². The second kappa shape index (κ2) is 6.33. The molecular weight excluding hydrogens is 258 g/mol. The second-order valence-corrected chi connectivity index (χ2v) is 7.72. The highest BCUT2D eigenvalue weighted by atomic mass is 32.2. The van der Waals surface area contributed by atoms with Crippen molar-refractivity contribution in [2.24, 2.45) is 11.8 Å². The topological polar surface area (TPSA) is 41.5 Å². The van der Waals surface area contributed by atoms with Crippen molar-refractivity contribution in [1.29, 1.82) is 0 Å². The maximum Gasteiger partial charge on any atom is 0.0701 e. The zero-order valence-electron chi connectivity index (χ0n) is 11.8. The van der Waals surface area contributed by atoms with E-state index in [9.17, 15) is 5.11 Å². The van der Waals surface area contributed by atoms with Crippen LogP contribution in [0.4, 0.5) is 0 Å². The predicted octanol–water partition coefficient (Wildman–Crippen LogP) is 2.04. The summed E-state index contributed by atoms with van der Waals surface area (Å²) in [7, 11) is 0. The summed E-state index contributed by atoms with van der Waals surface area (Å²) in [4.78, 5) is 0. The number of aliphatic hydroxyl groups excluding tert-OH is 1. The number of hydrogen-bond acceptors (Lipinski definition) is 4. The van der Waals surface area contributed by atoms with Crippen LogP contribution in [0.5, 0.6) is 0 Å². The number of aliphatic hydroxyl groups is 1. The molecule has 1 spiro atoms. The molecule has 19 heavy (non-hydrogen) atoms. The van der Waals surface area contributed by atoms with Gasteiger partial charge >= 0.3 is 0 Å². The molecule has 3 fully saturated rings. The lowest BCUT2D eigenvalue weighted by atomic mass is 9.75. The summed E-state index contributed by atoms with van der Waals surface area (Å²) in [5.74, 6) is 3.38. The van der Waals surface area contributed by atoms with Crippen LogP contribution >= 0.6 is 11.8 Å². The second-order valence-electron chi connectivity index (χ2n) is 6.49. The molecule has 3 aliphatic rings. The van der Waals surface area contributed by atoms with E-state index in [-0.39, 0.29) is 11.7 Å². The van der Waals surface area contributed by atoms with Gasteiger partial charge in [0.05, 0.1) is 11.7 Å². The molecule has 110 valence electrons. The van der Waals surface area contributed by atoms with Gasteiger partial charge in [0.25, 0.3) is 0 Å². The molecule has 3 nitrogen and oxygen atoms in total. The van der Waals surface area contributed by atoms with Gasteiger partial charge in [0.1, 0.15) is 0 Å². The van der Waals surface area contributed by atoms with Crippen LogP contribution in [-0.2, 0) is 4.74 Å². The molecule has 0 amide bonds. The highest BCUT2D eigenvalue weighted by Crippen LogP contribution is 2.42. The van der Waals surface area contributed by atoms with E-state index in [0.717, 1.165) is 32.5 Å². The van der Waals surface area contributed by atoms with Crippen LogP contribution in [0.3, 0.4) is 0 Å². The Bertz CT molecular complexity index is 282. The molecule has 3 rings (SSSR count). The van der Waals surface area contributed by atoms with Crippen LogP contribution < -0.4 is 5.32 Å². The highest BCUT2D eigenvalue weighted by Gasteiger charge is 2.42. The van der Waals surface area contributed by atoms with E-state index in [1.807, 2.05) is 11.8 Å². The Labute approximate surface area is 120 Å². The van der Waals surface area contributed by atoms with Crippen molar-refractivity contribution in [3.8, 4) is 0 Å². The van der Waals surface area contributed by atoms with Crippen LogP contribution in [0.15, 0.2) is 0 Å². The summed E-state index contributed by atoms with van der Waals surface area (Å²) in [5.41, 5.74) is 0.108. The number of ether oxygens (including phenoxy) is 1. The molecule has 0 aromatic carbocycles. The molecule has 0 bridgehead atoms. The molecule has 0 aliphatic carbocycles. The Kier molecular flexibility index (Phi) is 4.73. The quantitative estimate of drug-likeness (QED) is 0.815. The highest BCUT2D eigenvalue weighted by molar-refractivity contribution is 7.99. The zero-order valence-corrected chi connectivity index (χ0v) is 12.6. The first-order valence-electron chi connectivity index (χ1n) is 7.90.